The molecule has 0 saturated heterocycles. The van der Waals surface area contributed by atoms with Gasteiger partial charge in [0, 0.05) is 23.8 Å². The summed E-state index contributed by atoms with van der Waals surface area (Å²) < 4.78 is 5.88. The number of rotatable bonds is 3. The molecule has 1 aliphatic heterocycles. The van der Waals surface area contributed by atoms with Crippen molar-refractivity contribution >= 4 is 44.2 Å². The van der Waals surface area contributed by atoms with Crippen molar-refractivity contribution in [1.29, 1.82) is 0 Å². The first-order chi connectivity index (χ1) is 11.1. The predicted octanol–water partition coefficient (Wildman–Crippen LogP) is 3.05. The van der Waals surface area contributed by atoms with Gasteiger partial charge in [0.1, 0.15) is 0 Å². The molecule has 2 aliphatic rings. The van der Waals surface area contributed by atoms with E-state index in [0.29, 0.717) is 35.1 Å². The number of thiazole rings is 1. The number of hydrogen-bond acceptors (Lipinski definition) is 5. The Morgan fingerprint density at radius 2 is 2.22 bits per heavy atom. The van der Waals surface area contributed by atoms with Crippen LogP contribution in [-0.4, -0.2) is 28.2 Å². The van der Waals surface area contributed by atoms with Gasteiger partial charge in [0.05, 0.1) is 12.2 Å². The maximum atomic E-state index is 12.4. The number of hydrogen-bond donors (Lipinski definition) is 1. The van der Waals surface area contributed by atoms with Crippen LogP contribution in [0.4, 0.5) is 5.13 Å². The smallest absolute Gasteiger partial charge is 0.289 e. The number of carbonyl (C=O) groups excluding carboxylic acids is 2. The Balaban J connectivity index is 1.47. The first kappa shape index (κ1) is 14.9. The van der Waals surface area contributed by atoms with E-state index in [1.807, 2.05) is 0 Å². The van der Waals surface area contributed by atoms with Crippen molar-refractivity contribution in [2.75, 3.05) is 11.9 Å². The minimum absolute atomic E-state index is 0.0597. The van der Waals surface area contributed by atoms with E-state index < -0.39 is 0 Å². The summed E-state index contributed by atoms with van der Waals surface area (Å²) in [6.07, 6.45) is 2.63. The van der Waals surface area contributed by atoms with Crippen molar-refractivity contribution in [1.82, 2.24) is 9.88 Å². The Labute approximate surface area is 145 Å². The lowest BCUT2D eigenvalue weighted by atomic mass is 10.1. The van der Waals surface area contributed by atoms with E-state index in [9.17, 15) is 9.59 Å². The van der Waals surface area contributed by atoms with Crippen LogP contribution >= 0.6 is 27.3 Å². The minimum Gasteiger partial charge on any atom is -0.444 e. The number of anilines is 1. The number of nitrogens with zero attached hydrogens (tertiary/aromatic N) is 2. The number of amides is 2. The molecule has 0 unspecified atom stereocenters. The summed E-state index contributed by atoms with van der Waals surface area (Å²) in [5.74, 6) is 0.418. The SMILES string of the molecule is O=C(Nc1nc2c(s1)CN(C(=O)c1ccc(Br)o1)CC2)C1CC1. The molecule has 1 fully saturated rings. The van der Waals surface area contributed by atoms with Gasteiger partial charge >= 0.3 is 0 Å². The molecule has 6 nitrogen and oxygen atoms in total. The third-order valence-corrected chi connectivity index (χ3v) is 5.40. The Kier molecular flexibility index (Phi) is 3.73. The average molecular weight is 396 g/mol. The largest absolute Gasteiger partial charge is 0.444 e. The van der Waals surface area contributed by atoms with Crippen LogP contribution in [0.5, 0.6) is 0 Å². The molecule has 1 saturated carbocycles. The molecule has 4 rings (SSSR count). The highest BCUT2D eigenvalue weighted by Crippen LogP contribution is 2.33. The first-order valence-corrected chi connectivity index (χ1v) is 9.05. The standard InChI is InChI=1S/C15H14BrN3O3S/c16-12-4-3-10(22-12)14(21)19-6-5-9-11(7-19)23-15(17-9)18-13(20)8-1-2-8/h3-4,8H,1-2,5-7H2,(H,17,18,20). The van der Waals surface area contributed by atoms with Gasteiger partial charge in [0.25, 0.3) is 5.91 Å². The molecule has 3 heterocycles. The van der Waals surface area contributed by atoms with Crippen LogP contribution in [0.15, 0.2) is 21.2 Å². The minimum atomic E-state index is -0.127. The molecule has 0 aromatic carbocycles. The van der Waals surface area contributed by atoms with Crippen LogP contribution in [-0.2, 0) is 17.8 Å². The van der Waals surface area contributed by atoms with Gasteiger partial charge in [-0.2, -0.15) is 0 Å². The number of aromatic nitrogens is 1. The fourth-order valence-electron chi connectivity index (χ4n) is 2.56. The molecule has 1 aliphatic carbocycles. The number of nitrogens with one attached hydrogen (secondary N) is 1. The van der Waals surface area contributed by atoms with Crippen molar-refractivity contribution < 1.29 is 14.0 Å². The Bertz CT molecular complexity index is 781. The number of carbonyl (C=O) groups is 2. The van der Waals surface area contributed by atoms with Gasteiger partial charge in [-0.1, -0.05) is 11.3 Å². The summed E-state index contributed by atoms with van der Waals surface area (Å²) in [7, 11) is 0. The van der Waals surface area contributed by atoms with Gasteiger partial charge in [0.15, 0.2) is 15.6 Å². The Morgan fingerprint density at radius 1 is 1.39 bits per heavy atom. The van der Waals surface area contributed by atoms with Crippen molar-refractivity contribution in [2.24, 2.45) is 5.92 Å². The van der Waals surface area contributed by atoms with Crippen molar-refractivity contribution in [3.63, 3.8) is 0 Å². The van der Waals surface area contributed by atoms with Crippen LogP contribution in [0.1, 0.15) is 34.0 Å². The Morgan fingerprint density at radius 3 is 2.91 bits per heavy atom. The molecule has 0 bridgehead atoms. The van der Waals surface area contributed by atoms with Gasteiger partial charge in [-0.25, -0.2) is 4.98 Å². The Hall–Kier alpha value is -1.67. The van der Waals surface area contributed by atoms with E-state index in [2.05, 4.69) is 26.2 Å². The zero-order valence-corrected chi connectivity index (χ0v) is 14.6. The van der Waals surface area contributed by atoms with Crippen LogP contribution in [0, 0.1) is 5.92 Å². The molecule has 8 heteroatoms. The van der Waals surface area contributed by atoms with Gasteiger partial charge in [-0.15, -0.1) is 0 Å². The quantitative estimate of drug-likeness (QED) is 0.866. The summed E-state index contributed by atoms with van der Waals surface area (Å²) in [6, 6.07) is 3.37. The highest BCUT2D eigenvalue weighted by molar-refractivity contribution is 9.10. The summed E-state index contributed by atoms with van der Waals surface area (Å²) >= 11 is 4.66. The number of halogens is 1. The molecule has 120 valence electrons. The molecule has 0 radical (unpaired) electrons. The lowest BCUT2D eigenvalue weighted by Crippen LogP contribution is -2.35. The highest BCUT2D eigenvalue weighted by atomic mass is 79.9. The number of fused-ring (bicyclic) bond motifs is 1. The lowest BCUT2D eigenvalue weighted by Gasteiger charge is -2.25. The van der Waals surface area contributed by atoms with Gasteiger partial charge < -0.3 is 14.6 Å². The number of furan rings is 1. The fourth-order valence-corrected chi connectivity index (χ4v) is 3.89. The maximum absolute atomic E-state index is 12.4. The monoisotopic (exact) mass is 395 g/mol. The van der Waals surface area contributed by atoms with E-state index in [0.717, 1.165) is 23.4 Å². The van der Waals surface area contributed by atoms with E-state index in [1.54, 1.807) is 17.0 Å². The third kappa shape index (κ3) is 3.05. The van der Waals surface area contributed by atoms with Crippen LogP contribution < -0.4 is 5.32 Å². The molecular formula is C15H14BrN3O3S. The maximum Gasteiger partial charge on any atom is 0.289 e. The first-order valence-electron chi connectivity index (χ1n) is 7.44. The zero-order chi connectivity index (χ0) is 16.0. The third-order valence-electron chi connectivity index (χ3n) is 3.98. The topological polar surface area (TPSA) is 75.4 Å². The van der Waals surface area contributed by atoms with Crippen molar-refractivity contribution in [2.45, 2.75) is 25.8 Å². The molecule has 2 aromatic heterocycles. The van der Waals surface area contributed by atoms with Gasteiger partial charge in [0.2, 0.25) is 5.91 Å². The van der Waals surface area contributed by atoms with Crippen molar-refractivity contribution in [3.8, 4) is 0 Å². The molecule has 1 N–H and O–H groups in total. The predicted molar refractivity (Wildman–Crippen MR) is 88.3 cm³/mol. The fraction of sp³-hybridized carbons (Fsp3) is 0.400. The average Bonchev–Trinajstić information content (AvgIpc) is 3.18. The molecule has 0 atom stereocenters. The van der Waals surface area contributed by atoms with Crippen LogP contribution in [0.25, 0.3) is 0 Å². The van der Waals surface area contributed by atoms with E-state index in [-0.39, 0.29) is 17.7 Å². The summed E-state index contributed by atoms with van der Waals surface area (Å²) in [4.78, 5) is 31.5. The second kappa shape index (κ2) is 5.76. The molecular weight excluding hydrogens is 382 g/mol. The second-order valence-electron chi connectivity index (χ2n) is 5.73. The molecule has 2 amide bonds. The summed E-state index contributed by atoms with van der Waals surface area (Å²) in [5.41, 5.74) is 0.978. The molecule has 23 heavy (non-hydrogen) atoms. The van der Waals surface area contributed by atoms with Gasteiger partial charge in [-0.05, 0) is 40.9 Å². The van der Waals surface area contributed by atoms with E-state index >= 15 is 0 Å². The highest BCUT2D eigenvalue weighted by Gasteiger charge is 2.31. The van der Waals surface area contributed by atoms with Crippen LogP contribution in [0.2, 0.25) is 0 Å². The van der Waals surface area contributed by atoms with E-state index in [1.165, 1.54) is 11.3 Å². The summed E-state index contributed by atoms with van der Waals surface area (Å²) in [5, 5.41) is 3.52. The van der Waals surface area contributed by atoms with Gasteiger partial charge in [-0.3, -0.25) is 9.59 Å². The molecule has 0 spiro atoms. The molecule has 2 aromatic rings. The van der Waals surface area contributed by atoms with Crippen molar-refractivity contribution in [3.05, 3.63) is 33.1 Å². The van der Waals surface area contributed by atoms with E-state index in [4.69, 9.17) is 4.42 Å². The second-order valence-corrected chi connectivity index (χ2v) is 7.60. The summed E-state index contributed by atoms with van der Waals surface area (Å²) in [6.45, 7) is 1.10. The van der Waals surface area contributed by atoms with Crippen LogP contribution in [0.3, 0.4) is 0 Å². The lowest BCUT2D eigenvalue weighted by molar-refractivity contribution is -0.117. The normalized spacial score (nSPS) is 17.0. The zero-order valence-electron chi connectivity index (χ0n) is 12.2.